The predicted molar refractivity (Wildman–Crippen MR) is 174 cm³/mol. The second-order valence-corrected chi connectivity index (χ2v) is 17.1. The number of anilines is 3. The molecule has 46 heavy (non-hydrogen) atoms. The fourth-order valence-electron chi connectivity index (χ4n) is 8.19. The van der Waals surface area contributed by atoms with Crippen molar-refractivity contribution in [2.75, 3.05) is 30.0 Å². The minimum absolute atomic E-state index is 0.0776. The number of carbonyl (C=O) groups excluding carboxylic acids is 3. The summed E-state index contributed by atoms with van der Waals surface area (Å²) >= 11 is 0. The summed E-state index contributed by atoms with van der Waals surface area (Å²) in [5.41, 5.74) is 0.386. The lowest BCUT2D eigenvalue weighted by Gasteiger charge is -2.31. The van der Waals surface area contributed by atoms with Gasteiger partial charge < -0.3 is 28.5 Å². The highest BCUT2D eigenvalue weighted by Crippen LogP contribution is 2.60. The zero-order valence-electron chi connectivity index (χ0n) is 26.4. The molecule has 2 fully saturated rings. The van der Waals surface area contributed by atoms with Gasteiger partial charge in [0.25, 0.3) is 11.8 Å². The van der Waals surface area contributed by atoms with Gasteiger partial charge in [0, 0.05) is 36.3 Å². The van der Waals surface area contributed by atoms with Gasteiger partial charge in [-0.2, -0.15) is 0 Å². The Kier molecular flexibility index (Phi) is 7.33. The normalized spacial score (nSPS) is 27.0. The van der Waals surface area contributed by atoms with E-state index in [2.05, 4.69) is 0 Å². The van der Waals surface area contributed by atoms with E-state index in [4.69, 9.17) is 9.47 Å². The summed E-state index contributed by atoms with van der Waals surface area (Å²) < 4.78 is 29.2. The van der Waals surface area contributed by atoms with E-state index in [0.29, 0.717) is 52.7 Å². The molecule has 1 N–H and O–H groups in total. The molecule has 9 nitrogen and oxygen atoms in total. The first-order valence-electron chi connectivity index (χ1n) is 15.9. The molecule has 1 spiro atoms. The molecule has 0 unspecified atom stereocenters. The smallest absolute Gasteiger partial charge is 0.266 e. The van der Waals surface area contributed by atoms with Gasteiger partial charge in [0.1, 0.15) is 5.75 Å². The Morgan fingerprint density at radius 3 is 2.50 bits per heavy atom. The Labute approximate surface area is 268 Å². The maximum atomic E-state index is 16.3. The minimum Gasteiger partial charge on any atom is -0.454 e. The fraction of sp³-hybridized carbons (Fsp3) is 0.400. The molecule has 3 aromatic rings. The second kappa shape index (κ2) is 11.0. The lowest BCUT2D eigenvalue weighted by atomic mass is 9.82. The maximum absolute atomic E-state index is 16.3. The predicted octanol–water partition coefficient (Wildman–Crippen LogP) is 5.90. The van der Waals surface area contributed by atoms with Crippen molar-refractivity contribution in [3.05, 3.63) is 77.9 Å². The van der Waals surface area contributed by atoms with Crippen LogP contribution in [-0.2, 0) is 19.9 Å². The van der Waals surface area contributed by atoms with Gasteiger partial charge in [0.15, 0.2) is 11.4 Å². The van der Waals surface area contributed by atoms with Crippen LogP contribution >= 0.6 is 0 Å². The molecular formula is C35H38FN3O6Si. The second-order valence-electron chi connectivity index (χ2n) is 13.3. The highest BCUT2D eigenvalue weighted by Gasteiger charge is 2.66. The fourth-order valence-corrected chi connectivity index (χ4v) is 10.7. The maximum Gasteiger partial charge on any atom is 0.266 e. The number of likely N-dealkylation sites (tertiary alicyclic amines) is 1. The highest BCUT2D eigenvalue weighted by molar-refractivity contribution is 6.72. The SMILES string of the molecule is C[C@@H]1[C@@H]([Si](C)(C)F)[C@H](CC(=O)N2CCC[C@H]2CO)O[C@@]12C(=O)N(C)c1ccc(N3C(=O)c4ccccc4Oc4ccccc43)cc12. The number of benzene rings is 3. The highest BCUT2D eigenvalue weighted by atomic mass is 28.4. The molecule has 7 rings (SSSR count). The van der Waals surface area contributed by atoms with Crippen LogP contribution in [0.1, 0.15) is 42.1 Å². The van der Waals surface area contributed by atoms with Gasteiger partial charge in [-0.05, 0) is 68.4 Å². The zero-order chi connectivity index (χ0) is 32.5. The minimum atomic E-state index is -3.50. The van der Waals surface area contributed by atoms with Gasteiger partial charge >= 0.3 is 0 Å². The van der Waals surface area contributed by atoms with E-state index >= 15 is 4.11 Å². The number of carbonyl (C=O) groups is 3. The van der Waals surface area contributed by atoms with Crippen molar-refractivity contribution in [3.63, 3.8) is 0 Å². The molecule has 0 saturated carbocycles. The standard InChI is InChI=1S/C35H38FN3O6Si/c1-21-32(46(3,4)36)30(19-31(41)38-17-9-10-23(38)20-40)45-35(21)25-18-22(15-16-26(25)37(2)34(35)43)39-27-12-6-8-14-29(27)44-28-13-7-5-11-24(28)33(39)42/h5-8,11-16,18,21,23,30,32,40H,9-10,17,19-20H2,1-4H3/t21-,23+,30+,32-,35+/m1/s1. The largest absolute Gasteiger partial charge is 0.454 e. The first-order chi connectivity index (χ1) is 22.0. The zero-order valence-corrected chi connectivity index (χ0v) is 27.4. The Morgan fingerprint density at radius 2 is 1.76 bits per heavy atom. The number of hydrogen-bond acceptors (Lipinski definition) is 6. The third-order valence-corrected chi connectivity index (χ3v) is 12.7. The number of halogens is 1. The number of amides is 3. The van der Waals surface area contributed by atoms with Gasteiger partial charge in [-0.15, -0.1) is 0 Å². The molecule has 0 aromatic heterocycles. The third-order valence-electron chi connectivity index (χ3n) is 10.3. The molecule has 11 heteroatoms. The van der Waals surface area contributed by atoms with Crippen LogP contribution in [0.4, 0.5) is 21.2 Å². The molecule has 4 aliphatic rings. The number of hydrogen-bond donors (Lipinski definition) is 1. The number of fused-ring (bicyclic) bond motifs is 4. The van der Waals surface area contributed by atoms with Crippen molar-refractivity contribution < 1.29 is 33.1 Å². The Morgan fingerprint density at radius 1 is 1.04 bits per heavy atom. The van der Waals surface area contributed by atoms with E-state index < -0.39 is 31.6 Å². The molecule has 0 aliphatic carbocycles. The molecular weight excluding hydrogens is 605 g/mol. The van der Waals surface area contributed by atoms with Crippen LogP contribution in [-0.4, -0.2) is 68.5 Å². The number of aliphatic hydroxyl groups excluding tert-OH is 1. The summed E-state index contributed by atoms with van der Waals surface area (Å²) in [4.78, 5) is 46.8. The van der Waals surface area contributed by atoms with E-state index in [0.717, 1.165) is 6.42 Å². The topological polar surface area (TPSA) is 99.6 Å². The Hall–Kier alpha value is -4.06. The van der Waals surface area contributed by atoms with Crippen molar-refractivity contribution in [2.24, 2.45) is 5.92 Å². The summed E-state index contributed by atoms with van der Waals surface area (Å²) in [6, 6.07) is 19.4. The summed E-state index contributed by atoms with van der Waals surface area (Å²) in [5.74, 6) is -0.471. The van der Waals surface area contributed by atoms with E-state index in [1.165, 1.54) is 4.90 Å². The van der Waals surface area contributed by atoms with Crippen molar-refractivity contribution in [1.82, 2.24) is 4.90 Å². The van der Waals surface area contributed by atoms with E-state index in [9.17, 15) is 19.5 Å². The molecule has 3 aromatic carbocycles. The first kappa shape index (κ1) is 30.6. The van der Waals surface area contributed by atoms with Crippen LogP contribution in [0.5, 0.6) is 11.5 Å². The molecule has 4 heterocycles. The van der Waals surface area contributed by atoms with Gasteiger partial charge in [0.05, 0.1) is 42.1 Å². The van der Waals surface area contributed by atoms with Crippen LogP contribution in [0.2, 0.25) is 18.6 Å². The summed E-state index contributed by atoms with van der Waals surface area (Å²) in [5, 5.41) is 9.83. The summed E-state index contributed by atoms with van der Waals surface area (Å²) in [6.45, 7) is 5.46. The number of nitrogens with zero attached hydrogens (tertiary/aromatic N) is 3. The summed E-state index contributed by atoms with van der Waals surface area (Å²) in [7, 11) is -1.83. The van der Waals surface area contributed by atoms with Crippen LogP contribution < -0.4 is 14.5 Å². The molecule has 2 saturated heterocycles. The van der Waals surface area contributed by atoms with Crippen molar-refractivity contribution >= 4 is 43.2 Å². The molecule has 4 aliphatic heterocycles. The number of para-hydroxylation sites is 3. The Balaban J connectivity index is 1.33. The first-order valence-corrected chi connectivity index (χ1v) is 18.8. The van der Waals surface area contributed by atoms with Crippen LogP contribution in [0, 0.1) is 5.92 Å². The van der Waals surface area contributed by atoms with Crippen molar-refractivity contribution in [3.8, 4) is 11.5 Å². The summed E-state index contributed by atoms with van der Waals surface area (Å²) in [6.07, 6.45) is 0.602. The van der Waals surface area contributed by atoms with Gasteiger partial charge in [-0.1, -0.05) is 31.2 Å². The van der Waals surface area contributed by atoms with E-state index in [1.54, 1.807) is 78.5 Å². The number of ether oxygens (including phenoxy) is 2. The quantitative estimate of drug-likeness (QED) is 0.275. The number of aliphatic hydroxyl groups is 1. The van der Waals surface area contributed by atoms with Gasteiger partial charge in [0.2, 0.25) is 14.3 Å². The van der Waals surface area contributed by atoms with Crippen molar-refractivity contribution in [1.29, 1.82) is 0 Å². The Bertz CT molecular complexity index is 1750. The molecule has 240 valence electrons. The average Bonchev–Trinajstić information content (AvgIpc) is 3.66. The molecule has 0 radical (unpaired) electrons. The van der Waals surface area contributed by atoms with Crippen LogP contribution in [0.3, 0.4) is 0 Å². The third kappa shape index (κ3) is 4.50. The van der Waals surface area contributed by atoms with Gasteiger partial charge in [-0.25, -0.2) is 0 Å². The number of likely N-dealkylation sites (N-methyl/N-ethyl adjacent to an activating group) is 1. The monoisotopic (exact) mass is 643 g/mol. The lowest BCUT2D eigenvalue weighted by molar-refractivity contribution is -0.149. The lowest BCUT2D eigenvalue weighted by Crippen LogP contribution is -2.44. The molecule has 3 amide bonds. The van der Waals surface area contributed by atoms with Gasteiger partial charge in [-0.3, -0.25) is 19.3 Å². The van der Waals surface area contributed by atoms with Crippen molar-refractivity contribution in [2.45, 2.75) is 62.6 Å². The average molecular weight is 644 g/mol. The van der Waals surface area contributed by atoms with E-state index in [1.807, 2.05) is 25.1 Å². The molecule has 5 atom stereocenters. The van der Waals surface area contributed by atoms with Crippen LogP contribution in [0.25, 0.3) is 0 Å². The van der Waals surface area contributed by atoms with E-state index in [-0.39, 0.29) is 36.8 Å². The molecule has 0 bridgehead atoms. The number of rotatable bonds is 5. The van der Waals surface area contributed by atoms with Crippen LogP contribution in [0.15, 0.2) is 66.7 Å².